The minimum absolute atomic E-state index is 0.868. The summed E-state index contributed by atoms with van der Waals surface area (Å²) >= 11 is 0. The van der Waals surface area contributed by atoms with Crippen LogP contribution in [0.5, 0.6) is 5.75 Å². The molecular weight excluding hydrogens is 340 g/mol. The molecule has 1 saturated carbocycles. The van der Waals surface area contributed by atoms with E-state index in [2.05, 4.69) is 38.1 Å². The molecule has 1 aromatic rings. The van der Waals surface area contributed by atoms with E-state index >= 15 is 0 Å². The topological polar surface area (TPSA) is 9.23 Å². The van der Waals surface area contributed by atoms with Crippen LogP contribution in [0, 0.1) is 11.8 Å². The second-order valence-electron chi connectivity index (χ2n) is 9.18. The first-order valence-corrected chi connectivity index (χ1v) is 12.5. The average Bonchev–Trinajstić information content (AvgIpc) is 2.73. The Morgan fingerprint density at radius 3 is 1.93 bits per heavy atom. The first-order valence-electron chi connectivity index (χ1n) is 12.5. The summed E-state index contributed by atoms with van der Waals surface area (Å²) in [5.74, 6) is 3.04. The number of aryl methyl sites for hydroxylation is 1. The number of ether oxygens (including phenoxy) is 1. The molecule has 1 nitrogen and oxygen atoms in total. The molecule has 0 spiro atoms. The minimum Gasteiger partial charge on any atom is -0.494 e. The van der Waals surface area contributed by atoms with Gasteiger partial charge in [-0.15, -0.1) is 0 Å². The second kappa shape index (κ2) is 14.9. The van der Waals surface area contributed by atoms with E-state index in [1.807, 2.05) is 0 Å². The molecule has 0 bridgehead atoms. The molecule has 1 fully saturated rings. The van der Waals surface area contributed by atoms with Gasteiger partial charge in [-0.2, -0.15) is 0 Å². The van der Waals surface area contributed by atoms with Crippen LogP contribution >= 0.6 is 0 Å². The van der Waals surface area contributed by atoms with E-state index in [0.29, 0.717) is 0 Å². The fourth-order valence-electron chi connectivity index (χ4n) is 4.69. The predicted octanol–water partition coefficient (Wildman–Crippen LogP) is 8.75. The van der Waals surface area contributed by atoms with E-state index in [4.69, 9.17) is 4.74 Å². The molecule has 0 amide bonds. The summed E-state index contributed by atoms with van der Waals surface area (Å²) in [6, 6.07) is 8.92. The smallest absolute Gasteiger partial charge is 0.119 e. The molecule has 0 N–H and O–H groups in total. The zero-order valence-corrected chi connectivity index (χ0v) is 18.9. The molecule has 1 aliphatic rings. The lowest BCUT2D eigenvalue weighted by atomic mass is 9.78. The Hall–Kier alpha value is -0.980. The third kappa shape index (κ3) is 9.99. The molecule has 1 heteroatoms. The SMILES string of the molecule is CCCCCCCCOc1ccc(CCC2CCC(CCCCC)CC2)cc1. The molecule has 1 aromatic carbocycles. The highest BCUT2D eigenvalue weighted by atomic mass is 16.5. The maximum Gasteiger partial charge on any atom is 0.119 e. The van der Waals surface area contributed by atoms with Crippen LogP contribution in [0.15, 0.2) is 24.3 Å². The van der Waals surface area contributed by atoms with Crippen LogP contribution in [-0.4, -0.2) is 6.61 Å². The molecule has 0 aliphatic heterocycles. The van der Waals surface area contributed by atoms with E-state index in [0.717, 1.165) is 24.2 Å². The van der Waals surface area contributed by atoms with Crippen LogP contribution in [0.2, 0.25) is 0 Å². The van der Waals surface area contributed by atoms with Crippen molar-refractivity contribution in [3.63, 3.8) is 0 Å². The van der Waals surface area contributed by atoms with E-state index in [1.54, 1.807) is 0 Å². The predicted molar refractivity (Wildman–Crippen MR) is 123 cm³/mol. The third-order valence-corrected chi connectivity index (χ3v) is 6.71. The van der Waals surface area contributed by atoms with Crippen LogP contribution in [0.3, 0.4) is 0 Å². The van der Waals surface area contributed by atoms with Crippen molar-refractivity contribution in [3.05, 3.63) is 29.8 Å². The second-order valence-corrected chi connectivity index (χ2v) is 9.18. The molecule has 1 aliphatic carbocycles. The van der Waals surface area contributed by atoms with Gasteiger partial charge >= 0.3 is 0 Å². The standard InChI is InChI=1S/C27H46O/c1-3-5-7-8-9-11-23-28-27-21-19-26(20-22-27)18-17-25-15-13-24(14-16-25)12-10-6-4-2/h19-22,24-25H,3-18,23H2,1-2H3. The van der Waals surface area contributed by atoms with Crippen molar-refractivity contribution >= 4 is 0 Å². The summed E-state index contributed by atoms with van der Waals surface area (Å²) < 4.78 is 5.91. The van der Waals surface area contributed by atoms with E-state index in [-0.39, 0.29) is 0 Å². The first-order chi connectivity index (χ1) is 13.8. The van der Waals surface area contributed by atoms with Gasteiger partial charge < -0.3 is 4.74 Å². The lowest BCUT2D eigenvalue weighted by molar-refractivity contribution is 0.249. The van der Waals surface area contributed by atoms with E-state index in [1.165, 1.54) is 108 Å². The van der Waals surface area contributed by atoms with Crippen LogP contribution < -0.4 is 4.74 Å². The highest BCUT2D eigenvalue weighted by Gasteiger charge is 2.20. The molecule has 160 valence electrons. The highest BCUT2D eigenvalue weighted by Crippen LogP contribution is 2.34. The molecular formula is C27H46O. The van der Waals surface area contributed by atoms with Crippen LogP contribution in [-0.2, 0) is 6.42 Å². The van der Waals surface area contributed by atoms with Gasteiger partial charge in [-0.3, -0.25) is 0 Å². The summed E-state index contributed by atoms with van der Waals surface area (Å²) in [7, 11) is 0. The van der Waals surface area contributed by atoms with Gasteiger partial charge in [0, 0.05) is 0 Å². The van der Waals surface area contributed by atoms with Gasteiger partial charge in [-0.1, -0.05) is 109 Å². The summed E-state index contributed by atoms with van der Waals surface area (Å²) in [6.07, 6.45) is 22.2. The van der Waals surface area contributed by atoms with Crippen molar-refractivity contribution in [1.29, 1.82) is 0 Å². The van der Waals surface area contributed by atoms with Gasteiger partial charge in [0.2, 0.25) is 0 Å². The molecule has 0 saturated heterocycles. The lowest BCUT2D eigenvalue weighted by Gasteiger charge is -2.28. The minimum atomic E-state index is 0.868. The van der Waals surface area contributed by atoms with Crippen LogP contribution in [0.25, 0.3) is 0 Å². The monoisotopic (exact) mass is 386 g/mol. The van der Waals surface area contributed by atoms with Gasteiger partial charge in [0.05, 0.1) is 6.61 Å². The number of benzene rings is 1. The van der Waals surface area contributed by atoms with Gasteiger partial charge in [0.25, 0.3) is 0 Å². The van der Waals surface area contributed by atoms with Crippen molar-refractivity contribution in [2.24, 2.45) is 11.8 Å². The average molecular weight is 387 g/mol. The van der Waals surface area contributed by atoms with E-state index < -0.39 is 0 Å². The van der Waals surface area contributed by atoms with Crippen molar-refractivity contribution in [1.82, 2.24) is 0 Å². The summed E-state index contributed by atoms with van der Waals surface area (Å²) in [5, 5.41) is 0. The first kappa shape index (κ1) is 23.3. The fraction of sp³-hybridized carbons (Fsp3) is 0.778. The normalized spacial score (nSPS) is 19.6. The Balaban J connectivity index is 1.54. The summed E-state index contributed by atoms with van der Waals surface area (Å²) in [5.41, 5.74) is 1.48. The quantitative estimate of drug-likeness (QED) is 0.274. The van der Waals surface area contributed by atoms with Crippen molar-refractivity contribution in [2.45, 2.75) is 117 Å². The molecule has 0 radical (unpaired) electrons. The Kier molecular flexibility index (Phi) is 12.4. The summed E-state index contributed by atoms with van der Waals surface area (Å²) in [4.78, 5) is 0. The zero-order valence-electron chi connectivity index (χ0n) is 18.9. The van der Waals surface area contributed by atoms with E-state index in [9.17, 15) is 0 Å². The lowest BCUT2D eigenvalue weighted by Crippen LogP contribution is -2.15. The maximum absolute atomic E-state index is 5.91. The molecule has 0 unspecified atom stereocenters. The number of hydrogen-bond acceptors (Lipinski definition) is 1. The Morgan fingerprint density at radius 2 is 1.25 bits per heavy atom. The molecule has 0 atom stereocenters. The van der Waals surface area contributed by atoms with Crippen molar-refractivity contribution in [3.8, 4) is 5.75 Å². The molecule has 0 heterocycles. The molecule has 0 aromatic heterocycles. The van der Waals surface area contributed by atoms with Crippen molar-refractivity contribution in [2.75, 3.05) is 6.61 Å². The number of unbranched alkanes of at least 4 members (excludes halogenated alkanes) is 7. The summed E-state index contributed by atoms with van der Waals surface area (Å²) in [6.45, 7) is 5.45. The fourth-order valence-corrected chi connectivity index (χ4v) is 4.69. The van der Waals surface area contributed by atoms with Gasteiger partial charge in [-0.25, -0.2) is 0 Å². The van der Waals surface area contributed by atoms with Gasteiger partial charge in [0.1, 0.15) is 5.75 Å². The van der Waals surface area contributed by atoms with Crippen LogP contribution in [0.1, 0.15) is 116 Å². The molecule has 28 heavy (non-hydrogen) atoms. The van der Waals surface area contributed by atoms with Crippen LogP contribution in [0.4, 0.5) is 0 Å². The molecule has 2 rings (SSSR count). The largest absolute Gasteiger partial charge is 0.494 e. The van der Waals surface area contributed by atoms with Gasteiger partial charge in [-0.05, 0) is 48.8 Å². The Bertz CT molecular complexity index is 470. The van der Waals surface area contributed by atoms with Gasteiger partial charge in [0.15, 0.2) is 0 Å². The third-order valence-electron chi connectivity index (χ3n) is 6.71. The Morgan fingerprint density at radius 1 is 0.679 bits per heavy atom. The van der Waals surface area contributed by atoms with Crippen molar-refractivity contribution < 1.29 is 4.74 Å². The maximum atomic E-state index is 5.91. The zero-order chi connectivity index (χ0) is 19.9. The Labute approximate surface area is 175 Å². The number of hydrogen-bond donors (Lipinski definition) is 0. The highest BCUT2D eigenvalue weighted by molar-refractivity contribution is 5.27. The number of rotatable bonds is 15.